The lowest BCUT2D eigenvalue weighted by Crippen LogP contribution is -2.46. The van der Waals surface area contributed by atoms with Gasteiger partial charge in [-0.25, -0.2) is 0 Å². The molecule has 7 nitrogen and oxygen atoms in total. The Labute approximate surface area is 150 Å². The lowest BCUT2D eigenvalue weighted by molar-refractivity contribution is -0.155. The van der Waals surface area contributed by atoms with Gasteiger partial charge in [-0.2, -0.15) is 0 Å². The van der Waals surface area contributed by atoms with E-state index in [2.05, 4.69) is 5.32 Å². The lowest BCUT2D eigenvalue weighted by Gasteiger charge is -2.31. The number of benzene rings is 1. The number of para-hydroxylation sites is 1. The molecule has 1 aromatic carbocycles. The molecule has 1 fully saturated rings. The summed E-state index contributed by atoms with van der Waals surface area (Å²) < 4.78 is 10.4. The number of nitrogens with zero attached hydrogens (tertiary/aromatic N) is 1. The van der Waals surface area contributed by atoms with Crippen molar-refractivity contribution in [2.45, 2.75) is 29.6 Å². The Morgan fingerprint density at radius 3 is 3.00 bits per heavy atom. The highest BCUT2D eigenvalue weighted by Crippen LogP contribution is 2.36. The fourth-order valence-corrected chi connectivity index (χ4v) is 3.81. The van der Waals surface area contributed by atoms with Crippen LogP contribution < -0.4 is 5.32 Å². The van der Waals surface area contributed by atoms with Crippen LogP contribution in [0.2, 0.25) is 0 Å². The number of hydrogen-bond donors (Lipinski definition) is 1. The number of fused-ring (bicyclic) bond motifs is 1. The van der Waals surface area contributed by atoms with Crippen molar-refractivity contribution < 1.29 is 23.9 Å². The van der Waals surface area contributed by atoms with Gasteiger partial charge in [-0.3, -0.25) is 14.4 Å². The van der Waals surface area contributed by atoms with E-state index in [9.17, 15) is 14.4 Å². The first-order chi connectivity index (χ1) is 12.0. The second-order valence-corrected chi connectivity index (χ2v) is 7.22. The minimum absolute atomic E-state index is 0.0178. The number of rotatable bonds is 4. The van der Waals surface area contributed by atoms with Crippen molar-refractivity contribution in [2.75, 3.05) is 31.6 Å². The highest BCUT2D eigenvalue weighted by atomic mass is 32.2. The van der Waals surface area contributed by atoms with Gasteiger partial charge in [-0.1, -0.05) is 12.1 Å². The van der Waals surface area contributed by atoms with Crippen LogP contribution in [0.1, 0.15) is 13.3 Å². The first-order valence-electron chi connectivity index (χ1n) is 8.14. The number of nitrogens with one attached hydrogen (secondary N) is 1. The van der Waals surface area contributed by atoms with E-state index in [1.165, 1.54) is 11.8 Å². The quantitative estimate of drug-likeness (QED) is 0.810. The van der Waals surface area contributed by atoms with Gasteiger partial charge < -0.3 is 19.7 Å². The molecule has 2 unspecified atom stereocenters. The maximum Gasteiger partial charge on any atom is 0.307 e. The molecule has 3 rings (SSSR count). The third kappa shape index (κ3) is 4.52. The molecule has 0 aliphatic carbocycles. The molecule has 134 valence electrons. The molecule has 8 heteroatoms. The Kier molecular flexibility index (Phi) is 5.60. The predicted octanol–water partition coefficient (Wildman–Crippen LogP) is 1.28. The van der Waals surface area contributed by atoms with Gasteiger partial charge in [-0.15, -0.1) is 11.8 Å². The van der Waals surface area contributed by atoms with Gasteiger partial charge in [0.2, 0.25) is 5.91 Å². The molecule has 0 saturated carbocycles. The number of anilines is 1. The van der Waals surface area contributed by atoms with Crippen LogP contribution in [0, 0.1) is 0 Å². The van der Waals surface area contributed by atoms with Crippen molar-refractivity contribution in [1.29, 1.82) is 0 Å². The molecule has 0 radical (unpaired) electrons. The molecule has 0 bridgehead atoms. The zero-order chi connectivity index (χ0) is 17.8. The van der Waals surface area contributed by atoms with E-state index < -0.39 is 11.2 Å². The van der Waals surface area contributed by atoms with Crippen LogP contribution in [0.4, 0.5) is 5.69 Å². The molecule has 0 spiro atoms. The number of ether oxygens (including phenoxy) is 2. The number of amides is 2. The Morgan fingerprint density at radius 2 is 2.20 bits per heavy atom. The van der Waals surface area contributed by atoms with Crippen LogP contribution >= 0.6 is 11.8 Å². The number of morpholine rings is 1. The summed E-state index contributed by atoms with van der Waals surface area (Å²) in [6.45, 7) is 3.06. The van der Waals surface area contributed by atoms with Gasteiger partial charge in [0.1, 0.15) is 0 Å². The summed E-state index contributed by atoms with van der Waals surface area (Å²) in [5.41, 5.74) is 0.749. The van der Waals surface area contributed by atoms with Crippen molar-refractivity contribution in [2.24, 2.45) is 0 Å². The fourth-order valence-electron chi connectivity index (χ4n) is 2.72. The summed E-state index contributed by atoms with van der Waals surface area (Å²) >= 11 is 1.33. The van der Waals surface area contributed by atoms with Crippen LogP contribution in [0.25, 0.3) is 0 Å². The van der Waals surface area contributed by atoms with Crippen molar-refractivity contribution in [3.63, 3.8) is 0 Å². The largest absolute Gasteiger partial charge is 0.456 e. The van der Waals surface area contributed by atoms with E-state index in [1.54, 1.807) is 4.90 Å². The molecule has 2 aliphatic rings. The first kappa shape index (κ1) is 17.8. The first-order valence-corrected chi connectivity index (χ1v) is 9.02. The van der Waals surface area contributed by atoms with E-state index in [4.69, 9.17) is 9.47 Å². The van der Waals surface area contributed by atoms with E-state index in [1.807, 2.05) is 31.2 Å². The highest BCUT2D eigenvalue weighted by Gasteiger charge is 2.30. The number of thioether (sulfide) groups is 1. The minimum atomic E-state index is -0.555. The summed E-state index contributed by atoms with van der Waals surface area (Å²) in [5.74, 6) is -1.02. The third-order valence-electron chi connectivity index (χ3n) is 4.01. The topological polar surface area (TPSA) is 84.9 Å². The van der Waals surface area contributed by atoms with Gasteiger partial charge in [0.25, 0.3) is 5.91 Å². The normalized spacial score (nSPS) is 22.8. The van der Waals surface area contributed by atoms with Crippen molar-refractivity contribution in [1.82, 2.24) is 4.90 Å². The summed E-state index contributed by atoms with van der Waals surface area (Å²) in [5, 5.41) is 2.23. The molecular weight excluding hydrogens is 344 g/mol. The van der Waals surface area contributed by atoms with Gasteiger partial charge >= 0.3 is 5.97 Å². The van der Waals surface area contributed by atoms with Crippen molar-refractivity contribution in [3.8, 4) is 0 Å². The molecule has 2 aliphatic heterocycles. The Balaban J connectivity index is 1.48. The molecule has 1 N–H and O–H groups in total. The lowest BCUT2D eigenvalue weighted by atomic mass is 10.2. The molecule has 2 atom stereocenters. The summed E-state index contributed by atoms with van der Waals surface area (Å²) in [6, 6.07) is 7.42. The Hall–Kier alpha value is -2.06. The summed E-state index contributed by atoms with van der Waals surface area (Å²) in [7, 11) is 0. The van der Waals surface area contributed by atoms with Gasteiger partial charge in [0.15, 0.2) is 6.61 Å². The average molecular weight is 364 g/mol. The molecule has 0 aromatic heterocycles. The Morgan fingerprint density at radius 1 is 1.40 bits per heavy atom. The molecular formula is C17H20N2O5S. The summed E-state index contributed by atoms with van der Waals surface area (Å²) in [6.07, 6.45) is -0.0896. The minimum Gasteiger partial charge on any atom is -0.456 e. The van der Waals surface area contributed by atoms with Crippen LogP contribution in [-0.2, 0) is 23.9 Å². The molecule has 2 amide bonds. The van der Waals surface area contributed by atoms with Crippen LogP contribution in [-0.4, -0.2) is 60.3 Å². The second-order valence-electron chi connectivity index (χ2n) is 5.98. The van der Waals surface area contributed by atoms with E-state index >= 15 is 0 Å². The molecule has 1 saturated heterocycles. The number of carbonyl (C=O) groups is 3. The van der Waals surface area contributed by atoms with Crippen LogP contribution in [0.3, 0.4) is 0 Å². The van der Waals surface area contributed by atoms with Crippen molar-refractivity contribution >= 4 is 35.2 Å². The van der Waals surface area contributed by atoms with Gasteiger partial charge in [-0.05, 0) is 19.1 Å². The number of esters is 1. The zero-order valence-electron chi connectivity index (χ0n) is 13.9. The van der Waals surface area contributed by atoms with Crippen LogP contribution in [0.5, 0.6) is 0 Å². The molecule has 25 heavy (non-hydrogen) atoms. The maximum atomic E-state index is 12.1. The van der Waals surface area contributed by atoms with E-state index in [-0.39, 0.29) is 30.9 Å². The van der Waals surface area contributed by atoms with E-state index in [0.29, 0.717) is 19.7 Å². The fraction of sp³-hybridized carbons (Fsp3) is 0.471. The zero-order valence-corrected chi connectivity index (χ0v) is 14.7. The SMILES string of the molecule is CC1CN(C(=O)COC(=O)CC2Sc3ccccc3NC2=O)CCO1. The summed E-state index contributed by atoms with van der Waals surface area (Å²) in [4.78, 5) is 38.7. The predicted molar refractivity (Wildman–Crippen MR) is 92.3 cm³/mol. The Bertz CT molecular complexity index is 681. The van der Waals surface area contributed by atoms with Gasteiger partial charge in [0, 0.05) is 18.0 Å². The maximum absolute atomic E-state index is 12.1. The average Bonchev–Trinajstić information content (AvgIpc) is 2.60. The van der Waals surface area contributed by atoms with Crippen molar-refractivity contribution in [3.05, 3.63) is 24.3 Å². The van der Waals surface area contributed by atoms with E-state index in [0.717, 1.165) is 10.6 Å². The molecule has 2 heterocycles. The molecule has 1 aromatic rings. The van der Waals surface area contributed by atoms with Gasteiger partial charge in [0.05, 0.1) is 30.1 Å². The van der Waals surface area contributed by atoms with Crippen LogP contribution in [0.15, 0.2) is 29.2 Å². The number of carbonyl (C=O) groups excluding carboxylic acids is 3. The number of hydrogen-bond acceptors (Lipinski definition) is 6. The second kappa shape index (κ2) is 7.88. The third-order valence-corrected chi connectivity index (χ3v) is 5.28. The monoisotopic (exact) mass is 364 g/mol. The smallest absolute Gasteiger partial charge is 0.307 e. The highest BCUT2D eigenvalue weighted by molar-refractivity contribution is 8.01. The standard InChI is InChI=1S/C17H20N2O5S/c1-11-9-19(6-7-23-11)15(20)10-24-16(21)8-14-17(22)18-12-4-2-3-5-13(12)25-14/h2-5,11,14H,6-10H2,1H3,(H,18,22).